The van der Waals surface area contributed by atoms with Crippen LogP contribution in [-0.2, 0) is 0 Å². The lowest BCUT2D eigenvalue weighted by molar-refractivity contribution is 2.67. The van der Waals surface area contributed by atoms with E-state index in [9.17, 15) is 0 Å². The molecule has 0 unspecified atom stereocenters. The van der Waals surface area contributed by atoms with Gasteiger partial charge in [0.1, 0.15) is 0 Å². The van der Waals surface area contributed by atoms with Crippen LogP contribution in [0.1, 0.15) is 0 Å². The minimum absolute atomic E-state index is 1.31. The van der Waals surface area contributed by atoms with Crippen LogP contribution in [0.3, 0.4) is 0 Å². The summed E-state index contributed by atoms with van der Waals surface area (Å²) < 4.78 is 3.33. The van der Waals surface area contributed by atoms with Crippen molar-refractivity contribution in [2.45, 2.75) is 0 Å². The third-order valence-electron chi connectivity index (χ3n) is 0.0825. The summed E-state index contributed by atoms with van der Waals surface area (Å²) in [4.78, 5) is 0. The zero-order valence-corrected chi connectivity index (χ0v) is 8.68. The van der Waals surface area contributed by atoms with Crippen molar-refractivity contribution in [2.75, 3.05) is 0 Å². The summed E-state index contributed by atoms with van der Waals surface area (Å²) in [6, 6.07) is 0. The van der Waals surface area contributed by atoms with Crippen LogP contribution in [0, 0.1) is 0 Å². The Morgan fingerprint density at radius 3 is 1.60 bits per heavy atom. The smallest absolute Gasteiger partial charge is 0.0513 e. The predicted molar refractivity (Wildman–Crippen MR) is 50.1 cm³/mol. The normalized spacial score (nSPS) is 7.00. The maximum absolute atomic E-state index is 2.25. The van der Waals surface area contributed by atoms with Crippen molar-refractivity contribution in [1.82, 2.24) is 0 Å². The van der Waals surface area contributed by atoms with E-state index in [2.05, 4.69) is 67.8 Å². The van der Waals surface area contributed by atoms with Gasteiger partial charge in [0.05, 0.1) is 1.59 Å². The van der Waals surface area contributed by atoms with Crippen LogP contribution >= 0.6 is 67.8 Å². The SMILES string of the molecule is IC=C(I)I. The lowest BCUT2D eigenvalue weighted by Gasteiger charge is -1.66. The zero-order chi connectivity index (χ0) is 4.28. The van der Waals surface area contributed by atoms with Crippen LogP contribution in [0.4, 0.5) is 0 Å². The van der Waals surface area contributed by atoms with Gasteiger partial charge >= 0.3 is 0 Å². The maximum atomic E-state index is 2.25. The van der Waals surface area contributed by atoms with Gasteiger partial charge in [0.15, 0.2) is 0 Å². The van der Waals surface area contributed by atoms with E-state index in [0.717, 1.165) is 0 Å². The van der Waals surface area contributed by atoms with E-state index in [1.54, 1.807) is 0 Å². The summed E-state index contributed by atoms with van der Waals surface area (Å²) in [7, 11) is 0. The Kier molecular flexibility index (Phi) is 5.68. The lowest BCUT2D eigenvalue weighted by atomic mass is 11.3. The average Bonchev–Trinajstić information content (AvgIpc) is 1.38. The molecule has 0 bridgehead atoms. The van der Waals surface area contributed by atoms with Gasteiger partial charge in [-0.2, -0.15) is 0 Å². The van der Waals surface area contributed by atoms with Crippen LogP contribution in [-0.4, -0.2) is 0 Å². The molecule has 0 fully saturated rings. The van der Waals surface area contributed by atoms with Gasteiger partial charge in [0.2, 0.25) is 0 Å². The molecule has 3 heteroatoms. The lowest BCUT2D eigenvalue weighted by Crippen LogP contribution is -1.28. The average molecular weight is 406 g/mol. The first-order valence-corrected chi connectivity index (χ1v) is 4.29. The molecule has 0 aromatic carbocycles. The van der Waals surface area contributed by atoms with Crippen LogP contribution < -0.4 is 0 Å². The standard InChI is InChI=1S/C2HI3/c3-1-2(4)5/h1H. The van der Waals surface area contributed by atoms with Crippen molar-refractivity contribution < 1.29 is 0 Å². The highest BCUT2D eigenvalue weighted by Crippen LogP contribution is 2.15. The minimum atomic E-state index is 1.31. The molecule has 0 nitrogen and oxygen atoms in total. The second-order valence-electron chi connectivity index (χ2n) is 0.399. The summed E-state index contributed by atoms with van der Waals surface area (Å²) in [5.74, 6) is 0. The summed E-state index contributed by atoms with van der Waals surface area (Å²) in [6.07, 6.45) is 0. The molecule has 0 aliphatic rings. The minimum Gasteiger partial charge on any atom is -0.0513 e. The van der Waals surface area contributed by atoms with E-state index >= 15 is 0 Å². The highest BCUT2D eigenvalue weighted by atomic mass is 127. The van der Waals surface area contributed by atoms with Gasteiger partial charge in [-0.3, -0.25) is 0 Å². The molecule has 0 atom stereocenters. The third-order valence-corrected chi connectivity index (χ3v) is 3.71. The molecule has 30 valence electrons. The molecule has 0 spiro atoms. The Morgan fingerprint density at radius 2 is 1.60 bits per heavy atom. The molecule has 5 heavy (non-hydrogen) atoms. The second-order valence-corrected chi connectivity index (χ2v) is 5.41. The molecular weight excluding hydrogens is 405 g/mol. The van der Waals surface area contributed by atoms with Crippen LogP contribution in [0.5, 0.6) is 0 Å². The third kappa shape index (κ3) is 5.93. The number of hydrogen-bond donors (Lipinski definition) is 0. The Bertz CT molecular complexity index is 42.9. The molecule has 0 aliphatic heterocycles. The predicted octanol–water partition coefficient (Wildman–Crippen LogP) is 3.09. The van der Waals surface area contributed by atoms with Crippen molar-refractivity contribution in [1.29, 1.82) is 0 Å². The molecule has 0 amide bonds. The highest BCUT2D eigenvalue weighted by Gasteiger charge is 1.68. The van der Waals surface area contributed by atoms with Gasteiger partial charge < -0.3 is 0 Å². The van der Waals surface area contributed by atoms with E-state index in [0.29, 0.717) is 0 Å². The fourth-order valence-corrected chi connectivity index (χ4v) is 0. The van der Waals surface area contributed by atoms with Gasteiger partial charge in [0, 0.05) is 0 Å². The largest absolute Gasteiger partial charge is 0.0574 e. The molecule has 0 rings (SSSR count). The van der Waals surface area contributed by atoms with Crippen LogP contribution in [0.2, 0.25) is 0 Å². The number of rotatable bonds is 0. The van der Waals surface area contributed by atoms with Crippen LogP contribution in [0.25, 0.3) is 0 Å². The Labute approximate surface area is 72.2 Å². The number of hydrogen-bond acceptors (Lipinski definition) is 0. The van der Waals surface area contributed by atoms with E-state index in [1.807, 2.05) is 4.08 Å². The quantitative estimate of drug-likeness (QED) is 0.543. The summed E-state index contributed by atoms with van der Waals surface area (Å²) in [5.41, 5.74) is 0. The van der Waals surface area contributed by atoms with Crippen molar-refractivity contribution in [3.8, 4) is 0 Å². The van der Waals surface area contributed by atoms with Crippen molar-refractivity contribution >= 4 is 67.8 Å². The van der Waals surface area contributed by atoms with Crippen molar-refractivity contribution in [3.05, 3.63) is 5.67 Å². The first-order chi connectivity index (χ1) is 2.27. The van der Waals surface area contributed by atoms with E-state index < -0.39 is 0 Å². The van der Waals surface area contributed by atoms with Gasteiger partial charge in [-0.25, -0.2) is 0 Å². The Morgan fingerprint density at radius 1 is 1.40 bits per heavy atom. The number of halogens is 3. The first-order valence-electron chi connectivity index (χ1n) is 0.885. The van der Waals surface area contributed by atoms with Gasteiger partial charge in [-0.15, -0.1) is 0 Å². The molecular formula is C2HI3. The first kappa shape index (κ1) is 6.93. The molecule has 0 aromatic heterocycles. The Balaban J connectivity index is 3.14. The van der Waals surface area contributed by atoms with Crippen molar-refractivity contribution in [2.24, 2.45) is 0 Å². The molecule has 0 saturated heterocycles. The summed E-state index contributed by atoms with van der Waals surface area (Å²) >= 11 is 6.69. The van der Waals surface area contributed by atoms with Crippen LogP contribution in [0.15, 0.2) is 5.67 Å². The van der Waals surface area contributed by atoms with E-state index in [1.165, 1.54) is 1.59 Å². The molecule has 0 radical (unpaired) electrons. The topological polar surface area (TPSA) is 0 Å². The Hall–Kier alpha value is 1.93. The van der Waals surface area contributed by atoms with Gasteiger partial charge in [0.25, 0.3) is 0 Å². The molecule has 0 aromatic rings. The monoisotopic (exact) mass is 406 g/mol. The zero-order valence-electron chi connectivity index (χ0n) is 2.21. The molecule has 0 saturated carbocycles. The summed E-state index contributed by atoms with van der Waals surface area (Å²) in [6.45, 7) is 0. The summed E-state index contributed by atoms with van der Waals surface area (Å²) in [5, 5.41) is 0. The fraction of sp³-hybridized carbons (Fsp3) is 0. The molecule has 0 heterocycles. The van der Waals surface area contributed by atoms with Gasteiger partial charge in [-0.05, 0) is 49.3 Å². The maximum Gasteiger partial charge on any atom is 0.0574 e. The molecule has 0 aliphatic carbocycles. The highest BCUT2D eigenvalue weighted by molar-refractivity contribution is 14.2. The fourth-order valence-electron chi connectivity index (χ4n) is 0. The van der Waals surface area contributed by atoms with Gasteiger partial charge in [-0.1, -0.05) is 22.6 Å². The second kappa shape index (κ2) is 4.10. The van der Waals surface area contributed by atoms with E-state index in [-0.39, 0.29) is 0 Å². The van der Waals surface area contributed by atoms with Crippen molar-refractivity contribution in [3.63, 3.8) is 0 Å². The molecule has 0 N–H and O–H groups in total. The van der Waals surface area contributed by atoms with E-state index in [4.69, 9.17) is 0 Å².